The predicted molar refractivity (Wildman–Crippen MR) is 74.7 cm³/mol. The minimum Gasteiger partial charge on any atom is -0.367 e. The number of carbonyl (C=O) groups excluding carboxylic acids is 1. The predicted octanol–water partition coefficient (Wildman–Crippen LogP) is 1.65. The maximum absolute atomic E-state index is 11.9. The van der Waals surface area contributed by atoms with Crippen molar-refractivity contribution in [2.75, 3.05) is 13.7 Å². The normalized spacial score (nSPS) is 13.3. The third-order valence-corrected chi connectivity index (χ3v) is 2.48. The van der Waals surface area contributed by atoms with E-state index in [-0.39, 0.29) is 24.4 Å². The maximum Gasteiger partial charge on any atom is 0.253 e. The molecule has 0 aliphatic carbocycles. The SMILES string of the molecule is COC(C(=O)NCCC(C)N)c1ccccc1.Cl. The molecule has 0 bridgehead atoms. The van der Waals surface area contributed by atoms with Gasteiger partial charge in [0.2, 0.25) is 0 Å². The zero-order valence-corrected chi connectivity index (χ0v) is 11.6. The highest BCUT2D eigenvalue weighted by atomic mass is 35.5. The quantitative estimate of drug-likeness (QED) is 0.828. The third kappa shape index (κ3) is 5.49. The second-order valence-corrected chi connectivity index (χ2v) is 4.08. The highest BCUT2D eigenvalue weighted by molar-refractivity contribution is 5.85. The van der Waals surface area contributed by atoms with Crippen molar-refractivity contribution in [1.82, 2.24) is 5.32 Å². The van der Waals surface area contributed by atoms with Gasteiger partial charge in [0.15, 0.2) is 6.10 Å². The first-order valence-corrected chi connectivity index (χ1v) is 5.76. The molecule has 1 rings (SSSR count). The number of benzene rings is 1. The van der Waals surface area contributed by atoms with Gasteiger partial charge in [0.05, 0.1) is 0 Å². The van der Waals surface area contributed by atoms with Crippen LogP contribution < -0.4 is 11.1 Å². The van der Waals surface area contributed by atoms with Gasteiger partial charge in [0, 0.05) is 19.7 Å². The lowest BCUT2D eigenvalue weighted by Gasteiger charge is -2.16. The van der Waals surface area contributed by atoms with E-state index in [1.165, 1.54) is 7.11 Å². The van der Waals surface area contributed by atoms with E-state index < -0.39 is 6.10 Å². The van der Waals surface area contributed by atoms with Crippen LogP contribution in [-0.4, -0.2) is 25.6 Å². The smallest absolute Gasteiger partial charge is 0.253 e. The van der Waals surface area contributed by atoms with Gasteiger partial charge in [-0.3, -0.25) is 4.79 Å². The molecule has 0 heterocycles. The molecule has 102 valence electrons. The Bertz CT molecular complexity index is 344. The Morgan fingerprint density at radius 3 is 2.50 bits per heavy atom. The molecule has 18 heavy (non-hydrogen) atoms. The Morgan fingerprint density at radius 1 is 1.39 bits per heavy atom. The van der Waals surface area contributed by atoms with Crippen LogP contribution >= 0.6 is 12.4 Å². The molecule has 0 fully saturated rings. The zero-order valence-electron chi connectivity index (χ0n) is 10.8. The lowest BCUT2D eigenvalue weighted by atomic mass is 10.1. The van der Waals surface area contributed by atoms with Crippen LogP contribution in [0.2, 0.25) is 0 Å². The largest absolute Gasteiger partial charge is 0.367 e. The highest BCUT2D eigenvalue weighted by Gasteiger charge is 2.18. The fourth-order valence-electron chi connectivity index (χ4n) is 1.54. The van der Waals surface area contributed by atoms with Gasteiger partial charge < -0.3 is 15.8 Å². The fourth-order valence-corrected chi connectivity index (χ4v) is 1.54. The first-order valence-electron chi connectivity index (χ1n) is 5.76. The van der Waals surface area contributed by atoms with Crippen LogP contribution in [0.15, 0.2) is 30.3 Å². The molecule has 1 aromatic carbocycles. The molecule has 2 unspecified atom stereocenters. The Labute approximate surface area is 114 Å². The van der Waals surface area contributed by atoms with Crippen LogP contribution in [0, 0.1) is 0 Å². The van der Waals surface area contributed by atoms with Gasteiger partial charge in [0.25, 0.3) is 5.91 Å². The molecule has 5 heteroatoms. The number of amides is 1. The summed E-state index contributed by atoms with van der Waals surface area (Å²) in [7, 11) is 1.53. The van der Waals surface area contributed by atoms with Gasteiger partial charge in [0.1, 0.15) is 0 Å². The van der Waals surface area contributed by atoms with E-state index >= 15 is 0 Å². The Hall–Kier alpha value is -1.10. The fraction of sp³-hybridized carbons (Fsp3) is 0.462. The summed E-state index contributed by atoms with van der Waals surface area (Å²) in [6.07, 6.45) is 0.209. The maximum atomic E-state index is 11.9. The standard InChI is InChI=1S/C13H20N2O2.ClH/c1-10(14)8-9-15-13(16)12(17-2)11-6-4-3-5-7-11;/h3-7,10,12H,8-9,14H2,1-2H3,(H,15,16);1H. The minimum absolute atomic E-state index is 0. The summed E-state index contributed by atoms with van der Waals surface area (Å²) in [4.78, 5) is 11.9. The topological polar surface area (TPSA) is 64.3 Å². The van der Waals surface area contributed by atoms with Gasteiger partial charge >= 0.3 is 0 Å². The van der Waals surface area contributed by atoms with Crippen molar-refractivity contribution < 1.29 is 9.53 Å². The van der Waals surface area contributed by atoms with Crippen LogP contribution in [0.5, 0.6) is 0 Å². The summed E-state index contributed by atoms with van der Waals surface area (Å²) in [5.74, 6) is -0.126. The molecule has 0 aliphatic heterocycles. The molecule has 0 radical (unpaired) electrons. The third-order valence-electron chi connectivity index (χ3n) is 2.48. The molecule has 0 saturated carbocycles. The van der Waals surface area contributed by atoms with Gasteiger partial charge in [-0.15, -0.1) is 12.4 Å². The minimum atomic E-state index is -0.552. The average Bonchev–Trinajstić information content (AvgIpc) is 2.31. The lowest BCUT2D eigenvalue weighted by molar-refractivity contribution is -0.131. The molecule has 3 N–H and O–H groups in total. The summed E-state index contributed by atoms with van der Waals surface area (Å²) in [5, 5.41) is 2.82. The second-order valence-electron chi connectivity index (χ2n) is 4.08. The number of nitrogens with two attached hydrogens (primary N) is 1. The van der Waals surface area contributed by atoms with Crippen molar-refractivity contribution in [3.63, 3.8) is 0 Å². The van der Waals surface area contributed by atoms with Crippen LogP contribution in [0.4, 0.5) is 0 Å². The van der Waals surface area contributed by atoms with E-state index in [9.17, 15) is 4.79 Å². The molecule has 0 aromatic heterocycles. The van der Waals surface area contributed by atoms with E-state index in [0.717, 1.165) is 12.0 Å². The van der Waals surface area contributed by atoms with Crippen molar-refractivity contribution in [2.24, 2.45) is 5.73 Å². The second kappa shape index (κ2) is 8.91. The Kier molecular flexibility index (Phi) is 8.37. The van der Waals surface area contributed by atoms with Gasteiger partial charge in [-0.05, 0) is 18.9 Å². The summed E-state index contributed by atoms with van der Waals surface area (Å²) in [6.45, 7) is 2.49. The number of ether oxygens (including phenoxy) is 1. The van der Waals surface area contributed by atoms with Crippen molar-refractivity contribution in [3.05, 3.63) is 35.9 Å². The van der Waals surface area contributed by atoms with E-state index in [2.05, 4.69) is 5.32 Å². The monoisotopic (exact) mass is 272 g/mol. The van der Waals surface area contributed by atoms with E-state index in [1.54, 1.807) is 0 Å². The van der Waals surface area contributed by atoms with Crippen molar-refractivity contribution in [3.8, 4) is 0 Å². The van der Waals surface area contributed by atoms with Crippen molar-refractivity contribution >= 4 is 18.3 Å². The van der Waals surface area contributed by atoms with Gasteiger partial charge in [-0.25, -0.2) is 0 Å². The molecular weight excluding hydrogens is 252 g/mol. The van der Waals surface area contributed by atoms with E-state index in [4.69, 9.17) is 10.5 Å². The van der Waals surface area contributed by atoms with Crippen molar-refractivity contribution in [2.45, 2.75) is 25.5 Å². The van der Waals surface area contributed by atoms with E-state index in [0.29, 0.717) is 6.54 Å². The number of hydrogen-bond donors (Lipinski definition) is 2. The zero-order chi connectivity index (χ0) is 12.7. The first-order chi connectivity index (χ1) is 8.15. The van der Waals surface area contributed by atoms with Gasteiger partial charge in [-0.1, -0.05) is 30.3 Å². The molecular formula is C13H21ClN2O2. The number of nitrogens with one attached hydrogen (secondary N) is 1. The Morgan fingerprint density at radius 2 is 2.00 bits per heavy atom. The van der Waals surface area contributed by atoms with Crippen LogP contribution in [0.3, 0.4) is 0 Å². The highest BCUT2D eigenvalue weighted by Crippen LogP contribution is 2.15. The summed E-state index contributed by atoms with van der Waals surface area (Å²) in [5.41, 5.74) is 6.47. The first kappa shape index (κ1) is 16.9. The van der Waals surface area contributed by atoms with E-state index in [1.807, 2.05) is 37.3 Å². The molecule has 1 aromatic rings. The molecule has 0 aliphatic rings. The summed E-state index contributed by atoms with van der Waals surface area (Å²) in [6, 6.07) is 9.52. The number of rotatable bonds is 6. The number of halogens is 1. The van der Waals surface area contributed by atoms with Crippen LogP contribution in [0.1, 0.15) is 25.0 Å². The number of carbonyl (C=O) groups is 1. The molecule has 4 nitrogen and oxygen atoms in total. The number of hydrogen-bond acceptors (Lipinski definition) is 3. The number of methoxy groups -OCH3 is 1. The molecule has 0 spiro atoms. The summed E-state index contributed by atoms with van der Waals surface area (Å²) >= 11 is 0. The molecule has 1 amide bonds. The average molecular weight is 273 g/mol. The lowest BCUT2D eigenvalue weighted by Crippen LogP contribution is -2.33. The van der Waals surface area contributed by atoms with Crippen molar-refractivity contribution in [1.29, 1.82) is 0 Å². The Balaban J connectivity index is 0.00000289. The van der Waals surface area contributed by atoms with Crippen LogP contribution in [-0.2, 0) is 9.53 Å². The van der Waals surface area contributed by atoms with Gasteiger partial charge in [-0.2, -0.15) is 0 Å². The molecule has 0 saturated heterocycles. The summed E-state index contributed by atoms with van der Waals surface area (Å²) < 4.78 is 5.21. The van der Waals surface area contributed by atoms with Crippen LogP contribution in [0.25, 0.3) is 0 Å². The molecule has 2 atom stereocenters.